The van der Waals surface area contributed by atoms with Gasteiger partial charge in [-0.1, -0.05) is 44.2 Å². The van der Waals surface area contributed by atoms with Crippen molar-refractivity contribution in [2.75, 3.05) is 11.9 Å². The molecule has 0 aliphatic carbocycles. The summed E-state index contributed by atoms with van der Waals surface area (Å²) >= 11 is 0. The number of para-hydroxylation sites is 1. The van der Waals surface area contributed by atoms with E-state index in [2.05, 4.69) is 29.4 Å². The van der Waals surface area contributed by atoms with Gasteiger partial charge in [0.2, 0.25) is 0 Å². The molecular weight excluding hydrogens is 330 g/mol. The highest BCUT2D eigenvalue weighted by Gasteiger charge is 2.16. The van der Waals surface area contributed by atoms with Gasteiger partial charge in [0.1, 0.15) is 0 Å². The van der Waals surface area contributed by atoms with Gasteiger partial charge in [-0.15, -0.1) is 0 Å². The summed E-state index contributed by atoms with van der Waals surface area (Å²) in [5.41, 5.74) is 2.81. The zero-order chi connectivity index (χ0) is 18.5. The lowest BCUT2D eigenvalue weighted by Crippen LogP contribution is -2.21. The van der Waals surface area contributed by atoms with E-state index in [1.165, 1.54) is 5.56 Å². The standard InChI is InChI=1S/C20H21N3O3/c1-3-13(2)14-8-10-15(11-9-14)21-18(24)12-26-20(25)19-16-6-4-5-7-17(16)22-23-19/h4-11,13H,3,12H2,1-2H3,(H,21,24)(H,22,23). The van der Waals surface area contributed by atoms with Gasteiger partial charge in [0.25, 0.3) is 5.91 Å². The number of hydrogen-bond donors (Lipinski definition) is 2. The minimum absolute atomic E-state index is 0.173. The van der Waals surface area contributed by atoms with E-state index in [1.54, 1.807) is 6.07 Å². The molecule has 1 amide bonds. The van der Waals surface area contributed by atoms with E-state index in [0.717, 1.165) is 11.9 Å². The SMILES string of the molecule is CCC(C)c1ccc(NC(=O)COC(=O)c2n[nH]c3ccccc23)cc1. The van der Waals surface area contributed by atoms with Crippen LogP contribution in [-0.4, -0.2) is 28.7 Å². The molecule has 0 fully saturated rings. The van der Waals surface area contributed by atoms with Gasteiger partial charge >= 0.3 is 5.97 Å². The average Bonchev–Trinajstić information content (AvgIpc) is 3.10. The topological polar surface area (TPSA) is 84.1 Å². The van der Waals surface area contributed by atoms with Gasteiger partial charge < -0.3 is 10.1 Å². The third kappa shape index (κ3) is 3.91. The van der Waals surface area contributed by atoms with Crippen LogP contribution in [0.5, 0.6) is 0 Å². The highest BCUT2D eigenvalue weighted by atomic mass is 16.5. The highest BCUT2D eigenvalue weighted by Crippen LogP contribution is 2.20. The number of rotatable bonds is 6. The molecule has 3 aromatic rings. The maximum absolute atomic E-state index is 12.1. The first kappa shape index (κ1) is 17.7. The van der Waals surface area contributed by atoms with Crippen LogP contribution in [0.3, 0.4) is 0 Å². The molecule has 0 bridgehead atoms. The fourth-order valence-corrected chi connectivity index (χ4v) is 2.65. The third-order valence-corrected chi connectivity index (χ3v) is 4.37. The number of fused-ring (bicyclic) bond motifs is 1. The van der Waals surface area contributed by atoms with Gasteiger partial charge in [-0.3, -0.25) is 9.89 Å². The molecule has 0 radical (unpaired) electrons. The Bertz CT molecular complexity index is 915. The van der Waals surface area contributed by atoms with Crippen molar-refractivity contribution in [3.05, 3.63) is 59.8 Å². The number of aromatic amines is 1. The van der Waals surface area contributed by atoms with Crippen LogP contribution in [0.15, 0.2) is 48.5 Å². The smallest absolute Gasteiger partial charge is 0.359 e. The van der Waals surface area contributed by atoms with E-state index in [1.807, 2.05) is 42.5 Å². The molecule has 3 rings (SSSR count). The van der Waals surface area contributed by atoms with Crippen molar-refractivity contribution in [3.8, 4) is 0 Å². The van der Waals surface area contributed by atoms with Crippen molar-refractivity contribution in [2.24, 2.45) is 0 Å². The van der Waals surface area contributed by atoms with E-state index in [4.69, 9.17) is 4.74 Å². The molecule has 0 spiro atoms. The first-order valence-electron chi connectivity index (χ1n) is 8.58. The molecule has 0 saturated carbocycles. The predicted octanol–water partition coefficient (Wildman–Crippen LogP) is 3.87. The number of nitrogens with one attached hydrogen (secondary N) is 2. The molecule has 1 atom stereocenters. The lowest BCUT2D eigenvalue weighted by molar-refractivity contribution is -0.119. The highest BCUT2D eigenvalue weighted by molar-refractivity contribution is 6.03. The van der Waals surface area contributed by atoms with E-state index in [0.29, 0.717) is 17.0 Å². The Kier molecular flexibility index (Phi) is 5.31. The first-order valence-corrected chi connectivity index (χ1v) is 8.58. The molecule has 1 heterocycles. The van der Waals surface area contributed by atoms with Crippen LogP contribution < -0.4 is 5.32 Å². The number of hydrogen-bond acceptors (Lipinski definition) is 4. The number of anilines is 1. The number of benzene rings is 2. The fraction of sp³-hybridized carbons (Fsp3) is 0.250. The van der Waals surface area contributed by atoms with Crippen LogP contribution in [0.25, 0.3) is 10.9 Å². The van der Waals surface area contributed by atoms with Gasteiger partial charge in [-0.2, -0.15) is 5.10 Å². The van der Waals surface area contributed by atoms with Crippen molar-refractivity contribution in [2.45, 2.75) is 26.2 Å². The molecule has 134 valence electrons. The van der Waals surface area contributed by atoms with E-state index in [-0.39, 0.29) is 12.3 Å². The number of aromatic nitrogens is 2. The lowest BCUT2D eigenvalue weighted by Gasteiger charge is -2.10. The van der Waals surface area contributed by atoms with Crippen molar-refractivity contribution in [1.82, 2.24) is 10.2 Å². The number of nitrogens with zero attached hydrogens (tertiary/aromatic N) is 1. The summed E-state index contributed by atoms with van der Waals surface area (Å²) in [7, 11) is 0. The number of H-pyrrole nitrogens is 1. The number of amides is 1. The molecule has 26 heavy (non-hydrogen) atoms. The maximum atomic E-state index is 12.1. The number of esters is 1. The van der Waals surface area contributed by atoms with Crippen LogP contribution in [0.4, 0.5) is 5.69 Å². The van der Waals surface area contributed by atoms with Crippen molar-refractivity contribution in [3.63, 3.8) is 0 Å². The fourth-order valence-electron chi connectivity index (χ4n) is 2.65. The van der Waals surface area contributed by atoms with Crippen LogP contribution in [-0.2, 0) is 9.53 Å². The molecule has 0 aliphatic rings. The Morgan fingerprint density at radius 2 is 1.88 bits per heavy atom. The summed E-state index contributed by atoms with van der Waals surface area (Å²) in [6.07, 6.45) is 1.06. The Morgan fingerprint density at radius 3 is 2.62 bits per heavy atom. The van der Waals surface area contributed by atoms with Crippen molar-refractivity contribution >= 4 is 28.5 Å². The second kappa shape index (κ2) is 7.82. The van der Waals surface area contributed by atoms with E-state index >= 15 is 0 Å². The van der Waals surface area contributed by atoms with E-state index < -0.39 is 11.9 Å². The molecular formula is C20H21N3O3. The largest absolute Gasteiger partial charge is 0.451 e. The van der Waals surface area contributed by atoms with Gasteiger partial charge in [-0.25, -0.2) is 4.79 Å². The van der Waals surface area contributed by atoms with Crippen LogP contribution in [0.1, 0.15) is 42.2 Å². The third-order valence-electron chi connectivity index (χ3n) is 4.37. The van der Waals surface area contributed by atoms with Gasteiger partial charge in [0.15, 0.2) is 12.3 Å². The summed E-state index contributed by atoms with van der Waals surface area (Å²) in [6.45, 7) is 3.93. The monoisotopic (exact) mass is 351 g/mol. The Hall–Kier alpha value is -3.15. The van der Waals surface area contributed by atoms with Crippen LogP contribution in [0.2, 0.25) is 0 Å². The minimum atomic E-state index is -0.635. The quantitative estimate of drug-likeness (QED) is 0.660. The zero-order valence-corrected chi connectivity index (χ0v) is 14.8. The molecule has 2 N–H and O–H groups in total. The number of ether oxygens (including phenoxy) is 1. The van der Waals surface area contributed by atoms with Gasteiger partial charge in [0, 0.05) is 11.1 Å². The minimum Gasteiger partial charge on any atom is -0.451 e. The Morgan fingerprint density at radius 1 is 1.15 bits per heavy atom. The van der Waals surface area contributed by atoms with Crippen LogP contribution in [0, 0.1) is 0 Å². The van der Waals surface area contributed by atoms with Crippen molar-refractivity contribution in [1.29, 1.82) is 0 Å². The molecule has 6 heteroatoms. The molecule has 2 aromatic carbocycles. The Labute approximate surface area is 151 Å². The summed E-state index contributed by atoms with van der Waals surface area (Å²) in [5.74, 6) is -0.552. The van der Waals surface area contributed by atoms with E-state index in [9.17, 15) is 9.59 Å². The molecule has 0 aliphatic heterocycles. The molecule has 1 unspecified atom stereocenters. The summed E-state index contributed by atoms with van der Waals surface area (Å²) in [4.78, 5) is 24.2. The predicted molar refractivity (Wildman–Crippen MR) is 100 cm³/mol. The number of carbonyl (C=O) groups is 2. The second-order valence-corrected chi connectivity index (χ2v) is 6.17. The molecule has 6 nitrogen and oxygen atoms in total. The first-order chi connectivity index (χ1) is 12.6. The van der Waals surface area contributed by atoms with Gasteiger partial charge in [-0.05, 0) is 36.1 Å². The lowest BCUT2D eigenvalue weighted by atomic mass is 9.99. The van der Waals surface area contributed by atoms with Gasteiger partial charge in [0.05, 0.1) is 5.52 Å². The Balaban J connectivity index is 1.56. The normalized spacial score (nSPS) is 11.9. The molecule has 0 saturated heterocycles. The van der Waals surface area contributed by atoms with Crippen LogP contribution >= 0.6 is 0 Å². The number of carbonyl (C=O) groups excluding carboxylic acids is 2. The zero-order valence-electron chi connectivity index (χ0n) is 14.8. The average molecular weight is 351 g/mol. The summed E-state index contributed by atoms with van der Waals surface area (Å²) < 4.78 is 5.07. The second-order valence-electron chi connectivity index (χ2n) is 6.17. The maximum Gasteiger partial charge on any atom is 0.359 e. The summed E-state index contributed by atoms with van der Waals surface area (Å²) in [6, 6.07) is 14.9. The summed E-state index contributed by atoms with van der Waals surface area (Å²) in [5, 5.41) is 10.1. The van der Waals surface area contributed by atoms with Crippen molar-refractivity contribution < 1.29 is 14.3 Å². The molecule has 1 aromatic heterocycles.